The molecule has 2 heterocycles. The van der Waals surface area contributed by atoms with Crippen molar-refractivity contribution in [1.29, 1.82) is 0 Å². The summed E-state index contributed by atoms with van der Waals surface area (Å²) in [6.07, 6.45) is 6.69. The third-order valence-corrected chi connectivity index (χ3v) is 5.93. The Morgan fingerprint density at radius 3 is 2.62 bits per heavy atom. The summed E-state index contributed by atoms with van der Waals surface area (Å²) in [6, 6.07) is 3.10. The molecule has 3 rings (SSSR count). The molecule has 1 aromatic carbocycles. The maximum absolute atomic E-state index is 13.6. The van der Waals surface area contributed by atoms with Crippen molar-refractivity contribution < 1.29 is 22.0 Å². The molecular formula is C16H18F2N2O3S. The summed E-state index contributed by atoms with van der Waals surface area (Å²) in [4.78, 5) is 13.1. The monoisotopic (exact) mass is 356 g/mol. The molecule has 2 aliphatic heterocycles. The maximum atomic E-state index is 13.6. The highest BCUT2D eigenvalue weighted by atomic mass is 32.2. The number of rotatable bonds is 5. The standard InChI is InChI=1S/C16H18F2N2O3S/c17-13-5-2-6-14(18)16(13)24(22,23)19-10-9-15(21)20-11-3-1-4-12(20)8-7-11/h1-3,5-6,11-12,19H,4,7-10H2. The van der Waals surface area contributed by atoms with Gasteiger partial charge in [0.1, 0.15) is 11.6 Å². The fraction of sp³-hybridized carbons (Fsp3) is 0.438. The number of sulfonamides is 1. The second-order valence-electron chi connectivity index (χ2n) is 5.96. The number of nitrogens with zero attached hydrogens (tertiary/aromatic N) is 1. The molecule has 1 fully saturated rings. The van der Waals surface area contributed by atoms with Gasteiger partial charge >= 0.3 is 0 Å². The smallest absolute Gasteiger partial charge is 0.246 e. The highest BCUT2D eigenvalue weighted by Gasteiger charge is 2.36. The van der Waals surface area contributed by atoms with Gasteiger partial charge < -0.3 is 4.90 Å². The second-order valence-corrected chi connectivity index (χ2v) is 7.67. The first-order valence-corrected chi connectivity index (χ1v) is 9.30. The molecule has 2 bridgehead atoms. The van der Waals surface area contributed by atoms with E-state index in [1.165, 1.54) is 0 Å². The molecule has 2 unspecified atom stereocenters. The van der Waals surface area contributed by atoms with E-state index in [1.54, 1.807) is 4.90 Å². The number of carbonyl (C=O) groups is 1. The van der Waals surface area contributed by atoms with Crippen molar-refractivity contribution >= 4 is 15.9 Å². The Balaban J connectivity index is 1.62. The van der Waals surface area contributed by atoms with Crippen LogP contribution in [0.5, 0.6) is 0 Å². The van der Waals surface area contributed by atoms with E-state index in [0.717, 1.165) is 37.5 Å². The van der Waals surface area contributed by atoms with Crippen LogP contribution >= 0.6 is 0 Å². The first-order chi connectivity index (χ1) is 11.4. The molecule has 1 aromatic rings. The number of fused-ring (bicyclic) bond motifs is 2. The van der Waals surface area contributed by atoms with Crippen molar-refractivity contribution in [3.8, 4) is 0 Å². The summed E-state index contributed by atoms with van der Waals surface area (Å²) in [6.45, 7) is -0.200. The van der Waals surface area contributed by atoms with Crippen LogP contribution in [0.1, 0.15) is 25.7 Å². The molecule has 0 saturated carbocycles. The Bertz CT molecular complexity index is 759. The Morgan fingerprint density at radius 2 is 1.96 bits per heavy atom. The van der Waals surface area contributed by atoms with Crippen molar-refractivity contribution in [3.05, 3.63) is 42.0 Å². The lowest BCUT2D eigenvalue weighted by molar-refractivity contribution is -0.133. The van der Waals surface area contributed by atoms with E-state index in [-0.39, 0.29) is 31.0 Å². The number of amides is 1. The van der Waals surface area contributed by atoms with Gasteiger partial charge in [0.25, 0.3) is 0 Å². The topological polar surface area (TPSA) is 66.5 Å². The second kappa shape index (κ2) is 6.60. The van der Waals surface area contributed by atoms with Crippen LogP contribution in [0.15, 0.2) is 35.2 Å². The normalized spacial score (nSPS) is 22.8. The number of hydrogen-bond donors (Lipinski definition) is 1. The molecule has 0 spiro atoms. The van der Waals surface area contributed by atoms with Gasteiger partial charge in [0.15, 0.2) is 4.90 Å². The van der Waals surface area contributed by atoms with E-state index in [9.17, 15) is 22.0 Å². The van der Waals surface area contributed by atoms with Crippen LogP contribution in [0.3, 0.4) is 0 Å². The molecule has 130 valence electrons. The Labute approximate surface area is 139 Å². The number of benzene rings is 1. The molecule has 2 aliphatic rings. The predicted molar refractivity (Wildman–Crippen MR) is 83.6 cm³/mol. The average Bonchev–Trinajstić information content (AvgIpc) is 2.76. The maximum Gasteiger partial charge on any atom is 0.246 e. The summed E-state index contributed by atoms with van der Waals surface area (Å²) < 4.78 is 53.4. The minimum absolute atomic E-state index is 0.0455. The van der Waals surface area contributed by atoms with Gasteiger partial charge in [-0.25, -0.2) is 21.9 Å². The minimum Gasteiger partial charge on any atom is -0.333 e. The van der Waals surface area contributed by atoms with Crippen LogP contribution in [-0.2, 0) is 14.8 Å². The van der Waals surface area contributed by atoms with Crippen molar-refractivity contribution in [2.24, 2.45) is 0 Å². The highest BCUT2D eigenvalue weighted by molar-refractivity contribution is 7.89. The van der Waals surface area contributed by atoms with E-state index in [0.29, 0.717) is 0 Å². The Kier molecular flexibility index (Phi) is 4.69. The van der Waals surface area contributed by atoms with Crippen molar-refractivity contribution in [1.82, 2.24) is 9.62 Å². The molecule has 5 nitrogen and oxygen atoms in total. The zero-order valence-corrected chi connectivity index (χ0v) is 13.7. The SMILES string of the molecule is O=C(CCNS(=O)(=O)c1c(F)cccc1F)N1C2C=CCC1CC2. The lowest BCUT2D eigenvalue weighted by Crippen LogP contribution is -2.43. The fourth-order valence-corrected chi connectivity index (χ4v) is 4.51. The molecule has 0 radical (unpaired) electrons. The van der Waals surface area contributed by atoms with Crippen LogP contribution in [0.4, 0.5) is 8.78 Å². The van der Waals surface area contributed by atoms with E-state index in [2.05, 4.69) is 10.8 Å². The van der Waals surface area contributed by atoms with Crippen molar-refractivity contribution in [2.75, 3.05) is 6.54 Å². The fourth-order valence-electron chi connectivity index (χ4n) is 3.35. The molecule has 0 aliphatic carbocycles. The van der Waals surface area contributed by atoms with Gasteiger partial charge in [-0.15, -0.1) is 0 Å². The molecule has 8 heteroatoms. The zero-order valence-electron chi connectivity index (χ0n) is 12.9. The van der Waals surface area contributed by atoms with Gasteiger partial charge in [-0.3, -0.25) is 4.79 Å². The zero-order chi connectivity index (χ0) is 17.3. The summed E-state index contributed by atoms with van der Waals surface area (Å²) in [5.74, 6) is -2.47. The summed E-state index contributed by atoms with van der Waals surface area (Å²) in [7, 11) is -4.34. The summed E-state index contributed by atoms with van der Waals surface area (Å²) >= 11 is 0. The van der Waals surface area contributed by atoms with E-state index in [1.807, 2.05) is 6.08 Å². The first-order valence-electron chi connectivity index (χ1n) is 7.81. The van der Waals surface area contributed by atoms with Crippen LogP contribution in [-0.4, -0.2) is 37.9 Å². The molecule has 0 aromatic heterocycles. The van der Waals surface area contributed by atoms with Crippen LogP contribution in [0, 0.1) is 11.6 Å². The van der Waals surface area contributed by atoms with Crippen LogP contribution in [0.25, 0.3) is 0 Å². The third-order valence-electron chi connectivity index (χ3n) is 4.42. The molecule has 1 amide bonds. The van der Waals surface area contributed by atoms with Gasteiger partial charge in [-0.1, -0.05) is 18.2 Å². The number of carbonyl (C=O) groups excluding carboxylic acids is 1. The Hall–Kier alpha value is -1.80. The van der Waals surface area contributed by atoms with Gasteiger partial charge in [0.05, 0.1) is 6.04 Å². The van der Waals surface area contributed by atoms with Crippen LogP contribution < -0.4 is 4.72 Å². The first kappa shape index (κ1) is 17.0. The average molecular weight is 356 g/mol. The Morgan fingerprint density at radius 1 is 1.25 bits per heavy atom. The van der Waals surface area contributed by atoms with Gasteiger partial charge in [0, 0.05) is 19.0 Å². The van der Waals surface area contributed by atoms with Crippen LogP contribution in [0.2, 0.25) is 0 Å². The number of halogens is 2. The lowest BCUT2D eigenvalue weighted by Gasteiger charge is -2.31. The molecule has 1 saturated heterocycles. The highest BCUT2D eigenvalue weighted by Crippen LogP contribution is 2.31. The van der Waals surface area contributed by atoms with Crippen molar-refractivity contribution in [2.45, 2.75) is 42.7 Å². The lowest BCUT2D eigenvalue weighted by atomic mass is 10.1. The molecule has 2 atom stereocenters. The van der Waals surface area contributed by atoms with Gasteiger partial charge in [0.2, 0.25) is 15.9 Å². The summed E-state index contributed by atoms with van der Waals surface area (Å²) in [5.41, 5.74) is 0. The van der Waals surface area contributed by atoms with Gasteiger partial charge in [-0.2, -0.15) is 0 Å². The molecule has 1 N–H and O–H groups in total. The van der Waals surface area contributed by atoms with E-state index in [4.69, 9.17) is 0 Å². The van der Waals surface area contributed by atoms with E-state index >= 15 is 0 Å². The number of nitrogens with one attached hydrogen (secondary N) is 1. The quantitative estimate of drug-likeness (QED) is 0.820. The van der Waals surface area contributed by atoms with Gasteiger partial charge in [-0.05, 0) is 31.4 Å². The molecule has 24 heavy (non-hydrogen) atoms. The third kappa shape index (κ3) is 3.21. The summed E-state index contributed by atoms with van der Waals surface area (Å²) in [5, 5.41) is 0. The van der Waals surface area contributed by atoms with E-state index < -0.39 is 26.6 Å². The molecular weight excluding hydrogens is 338 g/mol. The van der Waals surface area contributed by atoms with Crippen molar-refractivity contribution in [3.63, 3.8) is 0 Å². The minimum atomic E-state index is -4.34. The number of hydrogen-bond acceptors (Lipinski definition) is 3. The largest absolute Gasteiger partial charge is 0.333 e. The predicted octanol–water partition coefficient (Wildman–Crippen LogP) is 1.95.